The fourth-order valence-electron chi connectivity index (χ4n) is 4.10. The first-order valence-corrected chi connectivity index (χ1v) is 10.6. The topological polar surface area (TPSA) is 83.2 Å². The first kappa shape index (κ1) is 22.3. The van der Waals surface area contributed by atoms with Crippen LogP contribution in [0.3, 0.4) is 0 Å². The van der Waals surface area contributed by atoms with Crippen molar-refractivity contribution in [1.82, 2.24) is 19.8 Å². The van der Waals surface area contributed by atoms with E-state index in [0.717, 1.165) is 22.5 Å². The van der Waals surface area contributed by atoms with Crippen LogP contribution in [0.15, 0.2) is 61.1 Å². The molecule has 2 aromatic carbocycles. The van der Waals surface area contributed by atoms with E-state index in [0.29, 0.717) is 18.7 Å². The van der Waals surface area contributed by atoms with Crippen molar-refractivity contribution in [2.24, 2.45) is 0 Å². The Labute approximate surface area is 192 Å². The van der Waals surface area contributed by atoms with E-state index in [4.69, 9.17) is 10.1 Å². The summed E-state index contributed by atoms with van der Waals surface area (Å²) in [5.74, 6) is 0.354. The van der Waals surface area contributed by atoms with Crippen LogP contribution >= 0.6 is 0 Å². The first-order chi connectivity index (χ1) is 15.8. The van der Waals surface area contributed by atoms with Gasteiger partial charge in [0.2, 0.25) is 0 Å². The van der Waals surface area contributed by atoms with Gasteiger partial charge in [-0.1, -0.05) is 24.3 Å². The molecule has 2 amide bonds. The molecule has 170 valence electrons. The average molecular weight is 448 g/mol. The molecule has 1 fully saturated rings. The van der Waals surface area contributed by atoms with Gasteiger partial charge in [-0.2, -0.15) is 0 Å². The van der Waals surface area contributed by atoms with Gasteiger partial charge in [-0.05, 0) is 61.7 Å². The lowest BCUT2D eigenvalue weighted by atomic mass is 9.85. The molecule has 0 bridgehead atoms. The fraction of sp³-hybridized carbons (Fsp3) is 0.240. The Balaban J connectivity index is 1.61. The predicted octanol–water partition coefficient (Wildman–Crippen LogP) is 4.65. The van der Waals surface area contributed by atoms with Crippen molar-refractivity contribution in [1.29, 1.82) is 5.41 Å². The van der Waals surface area contributed by atoms with Crippen molar-refractivity contribution in [3.63, 3.8) is 0 Å². The Kier molecular flexibility index (Phi) is 6.00. The molecule has 1 saturated heterocycles. The highest BCUT2D eigenvalue weighted by atomic mass is 19.1. The summed E-state index contributed by atoms with van der Waals surface area (Å²) in [6.07, 6.45) is 7.58. The van der Waals surface area contributed by atoms with Crippen molar-refractivity contribution >= 4 is 17.9 Å². The number of hydrogen-bond acceptors (Lipinski definition) is 4. The van der Waals surface area contributed by atoms with Gasteiger partial charge in [-0.25, -0.2) is 14.2 Å². The summed E-state index contributed by atoms with van der Waals surface area (Å²) in [7, 11) is 1.60. The van der Waals surface area contributed by atoms with E-state index in [1.807, 2.05) is 42.8 Å². The molecule has 0 spiro atoms. The fourth-order valence-corrected chi connectivity index (χ4v) is 4.10. The van der Waals surface area contributed by atoms with Crippen molar-refractivity contribution in [2.75, 3.05) is 13.7 Å². The quantitative estimate of drug-likeness (QED) is 0.441. The number of aromatic nitrogens is 2. The third kappa shape index (κ3) is 4.37. The summed E-state index contributed by atoms with van der Waals surface area (Å²) in [4.78, 5) is 18.4. The Morgan fingerprint density at radius 1 is 1.27 bits per heavy atom. The highest BCUT2D eigenvalue weighted by molar-refractivity contribution is 6.05. The zero-order valence-electron chi connectivity index (χ0n) is 18.8. The van der Waals surface area contributed by atoms with E-state index < -0.39 is 5.54 Å². The van der Waals surface area contributed by atoms with Gasteiger partial charge in [0.1, 0.15) is 17.4 Å². The van der Waals surface area contributed by atoms with E-state index in [2.05, 4.69) is 10.3 Å². The number of ether oxygens (including phenoxy) is 1. The van der Waals surface area contributed by atoms with Crippen LogP contribution in [0.25, 0.3) is 11.8 Å². The van der Waals surface area contributed by atoms with Crippen molar-refractivity contribution in [3.05, 3.63) is 83.7 Å². The summed E-state index contributed by atoms with van der Waals surface area (Å²) in [5, 5.41) is 11.5. The molecule has 1 unspecified atom stereocenters. The molecule has 4 rings (SSSR count). The summed E-state index contributed by atoms with van der Waals surface area (Å²) < 4.78 is 20.9. The normalized spacial score (nSPS) is 18.4. The Hall–Kier alpha value is -3.94. The van der Waals surface area contributed by atoms with Gasteiger partial charge in [0, 0.05) is 12.7 Å². The summed E-state index contributed by atoms with van der Waals surface area (Å²) in [6.45, 7) is 4.29. The third-order valence-corrected chi connectivity index (χ3v) is 5.92. The summed E-state index contributed by atoms with van der Waals surface area (Å²) >= 11 is 0. The second-order valence-electron chi connectivity index (χ2n) is 8.17. The molecule has 3 aromatic rings. The standard InChI is InChI=1S/C25H26FN5O2/c1-17-15-30(16-29-17)21-10-4-18(14-22(21)33-3)5-11-23(27)31-24(32)28-13-12-25(31,2)19-6-8-20(26)9-7-19/h4-11,14-16,27H,12-13H2,1-3H3,(H,28,32). The van der Waals surface area contributed by atoms with Gasteiger partial charge in [0.05, 0.1) is 30.4 Å². The number of nitrogens with zero attached hydrogens (tertiary/aromatic N) is 3. The number of benzene rings is 2. The molecule has 7 nitrogen and oxygen atoms in total. The minimum atomic E-state index is -0.766. The Morgan fingerprint density at radius 3 is 2.70 bits per heavy atom. The molecule has 0 aliphatic carbocycles. The van der Waals surface area contributed by atoms with Crippen LogP contribution in [0.2, 0.25) is 0 Å². The minimum Gasteiger partial charge on any atom is -0.495 e. The number of urea groups is 1. The third-order valence-electron chi connectivity index (χ3n) is 5.92. The van der Waals surface area contributed by atoms with Gasteiger partial charge in [-0.3, -0.25) is 10.3 Å². The highest BCUT2D eigenvalue weighted by Crippen LogP contribution is 2.35. The number of aryl methyl sites for hydroxylation is 1. The molecule has 1 atom stereocenters. The van der Waals surface area contributed by atoms with Crippen LogP contribution < -0.4 is 10.1 Å². The maximum atomic E-state index is 13.5. The molecule has 33 heavy (non-hydrogen) atoms. The molecule has 1 aliphatic rings. The van der Waals surface area contributed by atoms with E-state index >= 15 is 0 Å². The van der Waals surface area contributed by atoms with Crippen molar-refractivity contribution in [3.8, 4) is 11.4 Å². The molecule has 2 heterocycles. The largest absolute Gasteiger partial charge is 0.495 e. The highest BCUT2D eigenvalue weighted by Gasteiger charge is 2.41. The number of amides is 2. The monoisotopic (exact) mass is 447 g/mol. The lowest BCUT2D eigenvalue weighted by Gasteiger charge is -2.44. The number of carbonyl (C=O) groups excluding carboxylic acids is 1. The van der Waals surface area contributed by atoms with Crippen molar-refractivity contribution < 1.29 is 13.9 Å². The maximum Gasteiger partial charge on any atom is 0.323 e. The Bertz CT molecular complexity index is 1220. The second kappa shape index (κ2) is 8.90. The lowest BCUT2D eigenvalue weighted by molar-refractivity contribution is 0.148. The van der Waals surface area contributed by atoms with Crippen LogP contribution in [0.1, 0.15) is 30.2 Å². The minimum absolute atomic E-state index is 0.0345. The van der Waals surface area contributed by atoms with Crippen LogP contribution in [-0.2, 0) is 5.54 Å². The molecule has 1 aromatic heterocycles. The van der Waals surface area contributed by atoms with E-state index in [1.54, 1.807) is 37.7 Å². The lowest BCUT2D eigenvalue weighted by Crippen LogP contribution is -2.59. The van der Waals surface area contributed by atoms with Crippen LogP contribution in [0.4, 0.5) is 9.18 Å². The zero-order valence-corrected chi connectivity index (χ0v) is 18.8. The van der Waals surface area contributed by atoms with Gasteiger partial charge in [-0.15, -0.1) is 0 Å². The van der Waals surface area contributed by atoms with Crippen LogP contribution in [-0.4, -0.2) is 40.0 Å². The number of amidine groups is 1. The smallest absolute Gasteiger partial charge is 0.323 e. The second-order valence-corrected chi connectivity index (χ2v) is 8.17. The number of methoxy groups -OCH3 is 1. The van der Waals surface area contributed by atoms with Crippen LogP contribution in [0.5, 0.6) is 5.75 Å². The molecule has 2 N–H and O–H groups in total. The Morgan fingerprint density at radius 2 is 2.03 bits per heavy atom. The average Bonchev–Trinajstić information content (AvgIpc) is 3.23. The van der Waals surface area contributed by atoms with Gasteiger partial charge < -0.3 is 14.6 Å². The van der Waals surface area contributed by atoms with Gasteiger partial charge in [0.25, 0.3) is 0 Å². The zero-order chi connectivity index (χ0) is 23.6. The number of rotatable bonds is 5. The molecular weight excluding hydrogens is 421 g/mol. The number of nitrogens with one attached hydrogen (secondary N) is 2. The number of carbonyl (C=O) groups is 1. The summed E-state index contributed by atoms with van der Waals surface area (Å²) in [5.41, 5.74) is 2.58. The number of halogens is 1. The van der Waals surface area contributed by atoms with E-state index in [1.165, 1.54) is 17.0 Å². The SMILES string of the molecule is COc1cc(C=CC(=N)N2C(=O)NCCC2(C)c2ccc(F)cc2)ccc1-n1cnc(C)c1. The molecular formula is C25H26FN5O2. The number of hydrogen-bond donors (Lipinski definition) is 2. The van der Waals surface area contributed by atoms with E-state index in [-0.39, 0.29) is 17.7 Å². The molecule has 8 heteroatoms. The number of imidazole rings is 1. The maximum absolute atomic E-state index is 13.5. The van der Waals surface area contributed by atoms with Crippen LogP contribution in [0, 0.1) is 18.2 Å². The van der Waals surface area contributed by atoms with Crippen molar-refractivity contribution in [2.45, 2.75) is 25.8 Å². The molecule has 1 aliphatic heterocycles. The van der Waals surface area contributed by atoms with Gasteiger partial charge >= 0.3 is 6.03 Å². The summed E-state index contributed by atoms with van der Waals surface area (Å²) in [6, 6.07) is 11.4. The predicted molar refractivity (Wildman–Crippen MR) is 125 cm³/mol. The van der Waals surface area contributed by atoms with E-state index in [9.17, 15) is 9.18 Å². The first-order valence-electron chi connectivity index (χ1n) is 10.6. The molecule has 0 saturated carbocycles. The van der Waals surface area contributed by atoms with Gasteiger partial charge in [0.15, 0.2) is 0 Å². The molecule has 0 radical (unpaired) electrons.